The van der Waals surface area contributed by atoms with E-state index in [1.165, 1.54) is 6.07 Å². The highest BCUT2D eigenvalue weighted by molar-refractivity contribution is 7.93. The third-order valence-electron chi connectivity index (χ3n) is 5.08. The van der Waals surface area contributed by atoms with Gasteiger partial charge in [-0.05, 0) is 69.7 Å². The van der Waals surface area contributed by atoms with E-state index in [4.69, 9.17) is 9.47 Å². The molecule has 1 aliphatic heterocycles. The summed E-state index contributed by atoms with van der Waals surface area (Å²) in [6, 6.07) is 11.2. The highest BCUT2D eigenvalue weighted by Gasteiger charge is 2.24. The number of nitrogens with zero attached hydrogens (tertiary/aromatic N) is 1. The van der Waals surface area contributed by atoms with Gasteiger partial charge in [0.05, 0.1) is 24.0 Å². The van der Waals surface area contributed by atoms with E-state index in [1.807, 2.05) is 32.6 Å². The summed E-state index contributed by atoms with van der Waals surface area (Å²) in [4.78, 5) is 14.1. The minimum Gasteiger partial charge on any atom is -0.491 e. The molecule has 0 bridgehead atoms. The summed E-state index contributed by atoms with van der Waals surface area (Å²) in [5, 5.41) is 2.53. The zero-order valence-corrected chi connectivity index (χ0v) is 20.7. The van der Waals surface area contributed by atoms with Gasteiger partial charge in [0, 0.05) is 25.3 Å². The summed E-state index contributed by atoms with van der Waals surface area (Å²) in [5.41, 5.74) is 1.34. The van der Waals surface area contributed by atoms with Crippen molar-refractivity contribution in [3.8, 4) is 5.75 Å². The lowest BCUT2D eigenvalue weighted by Gasteiger charge is -2.37. The first-order valence-corrected chi connectivity index (χ1v) is 12.9. The number of anilines is 2. The lowest BCUT2D eigenvalue weighted by atomic mass is 10.1. The molecule has 0 radical (unpaired) electrons. The van der Waals surface area contributed by atoms with Crippen molar-refractivity contribution in [2.45, 2.75) is 52.6 Å². The normalized spacial score (nSPS) is 18.6. The summed E-state index contributed by atoms with van der Waals surface area (Å²) in [5.74, 6) is -1.21. The summed E-state index contributed by atoms with van der Waals surface area (Å²) in [6.07, 6.45) is 0.00986. The number of nitrogens with one attached hydrogen (secondary N) is 2. The molecule has 2 aromatic carbocycles. The summed E-state index contributed by atoms with van der Waals surface area (Å²) >= 11 is 0. The average molecular weight is 494 g/mol. The fourth-order valence-electron chi connectivity index (χ4n) is 3.81. The van der Waals surface area contributed by atoms with Gasteiger partial charge < -0.3 is 19.7 Å². The molecule has 2 unspecified atom stereocenters. The Morgan fingerprint density at radius 1 is 1.15 bits per heavy atom. The second-order valence-electron chi connectivity index (χ2n) is 8.78. The number of sulfonamides is 1. The van der Waals surface area contributed by atoms with E-state index in [9.17, 15) is 17.6 Å². The van der Waals surface area contributed by atoms with Crippen LogP contribution >= 0.6 is 0 Å². The van der Waals surface area contributed by atoms with Gasteiger partial charge in [0.25, 0.3) is 0 Å². The number of hydrogen-bond donors (Lipinski definition) is 2. The Labute approximate surface area is 200 Å². The maximum Gasteiger partial charge on any atom is 0.241 e. The topological polar surface area (TPSA) is 97.0 Å². The van der Waals surface area contributed by atoms with E-state index < -0.39 is 27.5 Å². The number of morpholine rings is 1. The highest BCUT2D eigenvalue weighted by Crippen LogP contribution is 2.24. The first-order chi connectivity index (χ1) is 16.0. The molecular weight excluding hydrogens is 461 g/mol. The molecule has 1 fully saturated rings. The van der Waals surface area contributed by atoms with E-state index >= 15 is 0 Å². The Kier molecular flexibility index (Phi) is 8.37. The molecule has 2 N–H and O–H groups in total. The van der Waals surface area contributed by atoms with Crippen molar-refractivity contribution >= 4 is 27.3 Å². The van der Waals surface area contributed by atoms with Gasteiger partial charge in [0.1, 0.15) is 17.3 Å². The molecule has 0 spiro atoms. The van der Waals surface area contributed by atoms with Gasteiger partial charge in [0.15, 0.2) is 0 Å². The summed E-state index contributed by atoms with van der Waals surface area (Å²) in [6.45, 7) is 8.88. The van der Waals surface area contributed by atoms with Crippen LogP contribution in [0, 0.1) is 5.82 Å². The number of ether oxygens (including phenoxy) is 2. The lowest BCUT2D eigenvalue weighted by Crippen LogP contribution is -2.45. The number of carbonyl (C=O) groups excluding carboxylic acids is 1. The van der Waals surface area contributed by atoms with Crippen molar-refractivity contribution in [3.05, 3.63) is 53.8 Å². The molecule has 186 valence electrons. The van der Waals surface area contributed by atoms with Gasteiger partial charge >= 0.3 is 0 Å². The molecule has 8 nitrogen and oxygen atoms in total. The minimum atomic E-state index is -3.91. The molecule has 34 heavy (non-hydrogen) atoms. The van der Waals surface area contributed by atoms with E-state index in [2.05, 4.69) is 10.0 Å². The molecule has 2 atom stereocenters. The Morgan fingerprint density at radius 3 is 2.38 bits per heavy atom. The van der Waals surface area contributed by atoms with Crippen LogP contribution in [0.15, 0.2) is 42.5 Å². The maximum atomic E-state index is 14.7. The molecule has 1 aliphatic rings. The maximum absolute atomic E-state index is 14.7. The SMILES string of the molecule is CC(C)Oc1ccc(NS(=O)(=O)CC(=O)NCc2ccc(N3CC(C)OC(C)C3)c(F)c2)cc1. The molecule has 10 heteroatoms. The predicted octanol–water partition coefficient (Wildman–Crippen LogP) is 3.28. The van der Waals surface area contributed by atoms with Crippen LogP contribution in [0.25, 0.3) is 0 Å². The Balaban J connectivity index is 1.52. The number of benzene rings is 2. The van der Waals surface area contributed by atoms with Gasteiger partial charge in [-0.25, -0.2) is 12.8 Å². The zero-order chi connectivity index (χ0) is 24.9. The summed E-state index contributed by atoms with van der Waals surface area (Å²) in [7, 11) is -3.91. The number of amides is 1. The molecule has 0 aromatic heterocycles. The molecule has 1 amide bonds. The number of halogens is 1. The predicted molar refractivity (Wildman–Crippen MR) is 130 cm³/mol. The van der Waals surface area contributed by atoms with Crippen molar-refractivity contribution in [1.82, 2.24) is 5.32 Å². The zero-order valence-electron chi connectivity index (χ0n) is 19.9. The van der Waals surface area contributed by atoms with Crippen molar-refractivity contribution in [2.75, 3.05) is 28.5 Å². The highest BCUT2D eigenvalue weighted by atomic mass is 32.2. The van der Waals surface area contributed by atoms with Gasteiger partial charge in [-0.15, -0.1) is 0 Å². The number of rotatable bonds is 9. The monoisotopic (exact) mass is 493 g/mol. The molecule has 1 saturated heterocycles. The van der Waals surface area contributed by atoms with Gasteiger partial charge in [-0.1, -0.05) is 6.07 Å². The number of carbonyl (C=O) groups is 1. The number of hydrogen-bond acceptors (Lipinski definition) is 6. The molecule has 2 aromatic rings. The Hall–Kier alpha value is -2.85. The molecule has 0 saturated carbocycles. The minimum absolute atomic E-state index is 0.00248. The van der Waals surface area contributed by atoms with E-state index in [0.29, 0.717) is 35.8 Å². The van der Waals surface area contributed by atoms with Crippen molar-refractivity contribution in [3.63, 3.8) is 0 Å². The third kappa shape index (κ3) is 7.59. The van der Waals surface area contributed by atoms with Crippen LogP contribution < -0.4 is 19.7 Å². The standard InChI is InChI=1S/C24H32FN3O5S/c1-16(2)32-21-8-6-20(7-9-21)27-34(30,31)15-24(29)26-12-19-5-10-23(22(25)11-19)28-13-17(3)33-18(4)14-28/h5-11,16-18,27H,12-15H2,1-4H3,(H,26,29). The second kappa shape index (κ2) is 11.1. The smallest absolute Gasteiger partial charge is 0.241 e. The second-order valence-corrected chi connectivity index (χ2v) is 10.5. The fourth-order valence-corrected chi connectivity index (χ4v) is 4.82. The van der Waals surface area contributed by atoms with Gasteiger partial charge in [0.2, 0.25) is 15.9 Å². The van der Waals surface area contributed by atoms with Gasteiger partial charge in [-0.3, -0.25) is 9.52 Å². The van der Waals surface area contributed by atoms with Crippen LogP contribution in [0.4, 0.5) is 15.8 Å². The quantitative estimate of drug-likeness (QED) is 0.557. The molecular formula is C24H32FN3O5S. The van der Waals surface area contributed by atoms with Crippen LogP contribution in [0.5, 0.6) is 5.75 Å². The van der Waals surface area contributed by atoms with E-state index in [-0.39, 0.29) is 24.9 Å². The first-order valence-electron chi connectivity index (χ1n) is 11.2. The van der Waals surface area contributed by atoms with Crippen molar-refractivity contribution in [1.29, 1.82) is 0 Å². The van der Waals surface area contributed by atoms with Gasteiger partial charge in [-0.2, -0.15) is 0 Å². The van der Waals surface area contributed by atoms with Crippen LogP contribution in [0.3, 0.4) is 0 Å². The average Bonchev–Trinajstić information content (AvgIpc) is 2.72. The largest absolute Gasteiger partial charge is 0.491 e. The van der Waals surface area contributed by atoms with Crippen molar-refractivity contribution in [2.24, 2.45) is 0 Å². The first kappa shape index (κ1) is 25.8. The van der Waals surface area contributed by atoms with E-state index in [1.54, 1.807) is 36.4 Å². The summed E-state index contributed by atoms with van der Waals surface area (Å²) < 4.78 is 53.0. The van der Waals surface area contributed by atoms with Crippen LogP contribution in [0.2, 0.25) is 0 Å². The Morgan fingerprint density at radius 2 is 1.79 bits per heavy atom. The fraction of sp³-hybridized carbons (Fsp3) is 0.458. The van der Waals surface area contributed by atoms with Crippen LogP contribution in [-0.2, 0) is 26.1 Å². The molecule has 3 rings (SSSR count). The van der Waals surface area contributed by atoms with E-state index in [0.717, 1.165) is 0 Å². The molecule has 1 heterocycles. The Bertz CT molecular complexity index is 1080. The van der Waals surface area contributed by atoms with Crippen LogP contribution in [0.1, 0.15) is 33.3 Å². The third-order valence-corrected chi connectivity index (χ3v) is 6.27. The molecule has 0 aliphatic carbocycles. The lowest BCUT2D eigenvalue weighted by molar-refractivity contribution is -0.118. The van der Waals surface area contributed by atoms with Crippen LogP contribution in [-0.4, -0.2) is 51.5 Å². The van der Waals surface area contributed by atoms with Crippen molar-refractivity contribution < 1.29 is 27.1 Å².